The summed E-state index contributed by atoms with van der Waals surface area (Å²) >= 11 is 0. The highest BCUT2D eigenvalue weighted by atomic mass is 14.9. The van der Waals surface area contributed by atoms with Gasteiger partial charge in [0.05, 0.1) is 0 Å². The average molecular weight is 259 g/mol. The molecule has 1 aromatic heterocycles. The molecule has 1 aromatic rings. The van der Waals surface area contributed by atoms with E-state index in [1.165, 1.54) is 37.1 Å². The minimum absolute atomic E-state index is 0.636. The summed E-state index contributed by atoms with van der Waals surface area (Å²) in [5.41, 5.74) is 2.70. The van der Waals surface area contributed by atoms with Crippen LogP contribution in [0.1, 0.15) is 50.2 Å². The third kappa shape index (κ3) is 3.53. The van der Waals surface area contributed by atoms with E-state index >= 15 is 0 Å². The van der Waals surface area contributed by atoms with Crippen molar-refractivity contribution in [1.29, 1.82) is 0 Å². The highest BCUT2D eigenvalue weighted by molar-refractivity contribution is 5.21. The molecule has 1 heterocycles. The lowest BCUT2D eigenvalue weighted by Crippen LogP contribution is -2.29. The topological polar surface area (TPSA) is 37.8 Å². The normalized spacial score (nSPS) is 22.6. The molecule has 1 fully saturated rings. The van der Waals surface area contributed by atoms with Crippen LogP contribution in [0.3, 0.4) is 0 Å². The SMILES string of the molecule is CC(C)Cc1ncc2c(n1)CCC(CNC1CC1)C2. The molecule has 3 nitrogen and oxygen atoms in total. The van der Waals surface area contributed by atoms with Crippen molar-refractivity contribution >= 4 is 0 Å². The van der Waals surface area contributed by atoms with Gasteiger partial charge in [0.15, 0.2) is 0 Å². The summed E-state index contributed by atoms with van der Waals surface area (Å²) in [6.07, 6.45) is 9.43. The molecule has 0 saturated heterocycles. The van der Waals surface area contributed by atoms with E-state index in [0.717, 1.165) is 37.0 Å². The molecule has 0 radical (unpaired) electrons. The maximum Gasteiger partial charge on any atom is 0.128 e. The Bertz CT molecular complexity index is 438. The Balaban J connectivity index is 1.61. The summed E-state index contributed by atoms with van der Waals surface area (Å²) in [6.45, 7) is 5.63. The van der Waals surface area contributed by atoms with Crippen molar-refractivity contribution in [2.45, 2.75) is 58.4 Å². The van der Waals surface area contributed by atoms with Gasteiger partial charge in [-0.05, 0) is 56.0 Å². The van der Waals surface area contributed by atoms with Gasteiger partial charge in [-0.1, -0.05) is 13.8 Å². The molecule has 3 rings (SSSR count). The largest absolute Gasteiger partial charge is 0.314 e. The lowest BCUT2D eigenvalue weighted by atomic mass is 9.87. The summed E-state index contributed by atoms with van der Waals surface area (Å²) in [5.74, 6) is 2.45. The monoisotopic (exact) mass is 259 g/mol. The van der Waals surface area contributed by atoms with Crippen LogP contribution in [0.4, 0.5) is 0 Å². The van der Waals surface area contributed by atoms with Gasteiger partial charge >= 0.3 is 0 Å². The van der Waals surface area contributed by atoms with Crippen molar-refractivity contribution in [3.63, 3.8) is 0 Å². The second-order valence-electron chi connectivity index (χ2n) is 6.65. The van der Waals surface area contributed by atoms with Crippen molar-refractivity contribution in [2.75, 3.05) is 6.54 Å². The molecule has 0 aromatic carbocycles. The predicted octanol–water partition coefficient (Wildman–Crippen LogP) is 2.53. The van der Waals surface area contributed by atoms with Gasteiger partial charge in [-0.3, -0.25) is 0 Å². The number of aromatic nitrogens is 2. The zero-order chi connectivity index (χ0) is 13.2. The van der Waals surface area contributed by atoms with E-state index in [0.29, 0.717) is 5.92 Å². The van der Waals surface area contributed by atoms with Crippen LogP contribution in [0.5, 0.6) is 0 Å². The van der Waals surface area contributed by atoms with E-state index in [1.54, 1.807) is 0 Å². The van der Waals surface area contributed by atoms with Crippen molar-refractivity contribution in [1.82, 2.24) is 15.3 Å². The lowest BCUT2D eigenvalue weighted by Gasteiger charge is -2.24. The Hall–Kier alpha value is -0.960. The smallest absolute Gasteiger partial charge is 0.128 e. The van der Waals surface area contributed by atoms with Gasteiger partial charge < -0.3 is 5.32 Å². The number of rotatable bonds is 5. The van der Waals surface area contributed by atoms with Gasteiger partial charge in [0.1, 0.15) is 5.82 Å². The molecular weight excluding hydrogens is 234 g/mol. The first-order chi connectivity index (χ1) is 9.20. The number of fused-ring (bicyclic) bond motifs is 1. The van der Waals surface area contributed by atoms with Crippen LogP contribution in [-0.2, 0) is 19.3 Å². The van der Waals surface area contributed by atoms with E-state index < -0.39 is 0 Å². The number of aryl methyl sites for hydroxylation is 1. The second-order valence-corrected chi connectivity index (χ2v) is 6.65. The van der Waals surface area contributed by atoms with Crippen molar-refractivity contribution in [3.05, 3.63) is 23.3 Å². The molecular formula is C16H25N3. The highest BCUT2D eigenvalue weighted by Gasteiger charge is 2.24. The summed E-state index contributed by atoms with van der Waals surface area (Å²) in [4.78, 5) is 9.31. The standard InChI is InChI=1S/C16H25N3/c1-11(2)7-16-18-10-13-8-12(3-6-15(13)19-16)9-17-14-4-5-14/h10-12,14,17H,3-9H2,1-2H3. The third-order valence-electron chi connectivity index (χ3n) is 4.17. The van der Waals surface area contributed by atoms with E-state index in [1.807, 2.05) is 0 Å². The van der Waals surface area contributed by atoms with Gasteiger partial charge in [0.2, 0.25) is 0 Å². The maximum absolute atomic E-state index is 4.76. The second kappa shape index (κ2) is 5.58. The van der Waals surface area contributed by atoms with E-state index in [4.69, 9.17) is 4.98 Å². The number of nitrogens with zero attached hydrogens (tertiary/aromatic N) is 2. The highest BCUT2D eigenvalue weighted by Crippen LogP contribution is 2.25. The van der Waals surface area contributed by atoms with Gasteiger partial charge in [0.25, 0.3) is 0 Å². The van der Waals surface area contributed by atoms with Crippen LogP contribution in [0.25, 0.3) is 0 Å². The minimum Gasteiger partial charge on any atom is -0.314 e. The molecule has 104 valence electrons. The van der Waals surface area contributed by atoms with E-state index in [9.17, 15) is 0 Å². The first kappa shape index (κ1) is 13.0. The van der Waals surface area contributed by atoms with Gasteiger partial charge in [-0.2, -0.15) is 0 Å². The Kier molecular flexibility index (Phi) is 3.83. The molecule has 0 bridgehead atoms. The molecule has 0 aliphatic heterocycles. The van der Waals surface area contributed by atoms with Crippen LogP contribution >= 0.6 is 0 Å². The van der Waals surface area contributed by atoms with Gasteiger partial charge in [0, 0.05) is 24.4 Å². The molecule has 2 aliphatic carbocycles. The molecule has 1 N–H and O–H groups in total. The summed E-state index contributed by atoms with van der Waals surface area (Å²) in [6, 6.07) is 0.825. The molecule has 3 heteroatoms. The fourth-order valence-corrected chi connectivity index (χ4v) is 2.88. The van der Waals surface area contributed by atoms with Crippen molar-refractivity contribution in [2.24, 2.45) is 11.8 Å². The zero-order valence-electron chi connectivity index (χ0n) is 12.2. The van der Waals surface area contributed by atoms with Crippen LogP contribution in [0.15, 0.2) is 6.20 Å². The molecule has 1 unspecified atom stereocenters. The molecule has 0 spiro atoms. The molecule has 0 amide bonds. The quantitative estimate of drug-likeness (QED) is 0.883. The number of nitrogens with one attached hydrogen (secondary N) is 1. The van der Waals surface area contributed by atoms with Crippen LogP contribution in [0.2, 0.25) is 0 Å². The fraction of sp³-hybridized carbons (Fsp3) is 0.750. The van der Waals surface area contributed by atoms with E-state index in [2.05, 4.69) is 30.3 Å². The molecule has 19 heavy (non-hydrogen) atoms. The average Bonchev–Trinajstić information content (AvgIpc) is 3.19. The Morgan fingerprint density at radius 2 is 2.16 bits per heavy atom. The van der Waals surface area contributed by atoms with Gasteiger partial charge in [-0.15, -0.1) is 0 Å². The predicted molar refractivity (Wildman–Crippen MR) is 77.1 cm³/mol. The Labute approximate surface area is 116 Å². The van der Waals surface area contributed by atoms with Crippen LogP contribution in [-0.4, -0.2) is 22.6 Å². The minimum atomic E-state index is 0.636. The maximum atomic E-state index is 4.76. The molecule has 1 atom stereocenters. The zero-order valence-corrected chi connectivity index (χ0v) is 12.2. The fourth-order valence-electron chi connectivity index (χ4n) is 2.88. The number of hydrogen-bond acceptors (Lipinski definition) is 3. The lowest BCUT2D eigenvalue weighted by molar-refractivity contribution is 0.417. The molecule has 2 aliphatic rings. The van der Waals surface area contributed by atoms with Gasteiger partial charge in [-0.25, -0.2) is 9.97 Å². The third-order valence-corrected chi connectivity index (χ3v) is 4.17. The summed E-state index contributed by atoms with van der Waals surface area (Å²) in [5, 5.41) is 3.65. The Morgan fingerprint density at radius 3 is 2.89 bits per heavy atom. The number of hydrogen-bond donors (Lipinski definition) is 1. The van der Waals surface area contributed by atoms with Crippen molar-refractivity contribution < 1.29 is 0 Å². The van der Waals surface area contributed by atoms with Crippen LogP contribution in [0, 0.1) is 11.8 Å². The first-order valence-corrected chi connectivity index (χ1v) is 7.77. The summed E-state index contributed by atoms with van der Waals surface area (Å²) < 4.78 is 0. The van der Waals surface area contributed by atoms with Crippen LogP contribution < -0.4 is 5.32 Å². The summed E-state index contributed by atoms with van der Waals surface area (Å²) in [7, 11) is 0. The molecule has 1 saturated carbocycles. The van der Waals surface area contributed by atoms with Crippen molar-refractivity contribution in [3.8, 4) is 0 Å². The van der Waals surface area contributed by atoms with E-state index in [-0.39, 0.29) is 0 Å². The first-order valence-electron chi connectivity index (χ1n) is 7.77. The Morgan fingerprint density at radius 1 is 1.32 bits per heavy atom.